The Morgan fingerprint density at radius 1 is 1.39 bits per heavy atom. The predicted molar refractivity (Wildman–Crippen MR) is 87.7 cm³/mol. The third-order valence-corrected chi connectivity index (χ3v) is 5.59. The number of nitrogens with zero attached hydrogens (tertiary/aromatic N) is 4. The van der Waals surface area contributed by atoms with E-state index in [0.717, 1.165) is 54.6 Å². The molecule has 2 aromatic rings. The molecule has 1 aliphatic heterocycles. The number of nitrogens with one attached hydrogen (secondary N) is 1. The van der Waals surface area contributed by atoms with Crippen molar-refractivity contribution >= 4 is 27.3 Å². The zero-order valence-electron chi connectivity index (χ0n) is 13.1. The summed E-state index contributed by atoms with van der Waals surface area (Å²) in [6.45, 7) is 3.59. The van der Waals surface area contributed by atoms with E-state index in [0.29, 0.717) is 6.04 Å². The van der Waals surface area contributed by atoms with Crippen LogP contribution in [0.2, 0.25) is 0 Å². The van der Waals surface area contributed by atoms with Crippen molar-refractivity contribution in [1.29, 1.82) is 0 Å². The topological polar surface area (TPSA) is 82.8 Å². The maximum Gasteiger partial charge on any atom is 0.249 e. The van der Waals surface area contributed by atoms with Crippen LogP contribution >= 0.6 is 11.3 Å². The Morgan fingerprint density at radius 3 is 2.78 bits per heavy atom. The van der Waals surface area contributed by atoms with Crippen molar-refractivity contribution in [3.63, 3.8) is 0 Å². The lowest BCUT2D eigenvalue weighted by Crippen LogP contribution is -2.45. The zero-order valence-corrected chi connectivity index (χ0v) is 13.9. The maximum absolute atomic E-state index is 12.0. The van der Waals surface area contributed by atoms with E-state index in [1.807, 2.05) is 17.6 Å². The van der Waals surface area contributed by atoms with Gasteiger partial charge in [0.2, 0.25) is 16.0 Å². The molecule has 1 aliphatic carbocycles. The molecule has 0 aromatic carbocycles. The van der Waals surface area contributed by atoms with Crippen molar-refractivity contribution in [2.24, 2.45) is 5.92 Å². The van der Waals surface area contributed by atoms with Crippen molar-refractivity contribution in [2.75, 3.05) is 18.0 Å². The number of aryl methyl sites for hydroxylation is 1. The molecule has 2 N–H and O–H groups in total. The van der Waals surface area contributed by atoms with E-state index in [2.05, 4.69) is 20.3 Å². The summed E-state index contributed by atoms with van der Waals surface area (Å²) in [4.78, 5) is 19.5. The molecule has 4 rings (SSSR count). The van der Waals surface area contributed by atoms with Crippen molar-refractivity contribution in [1.82, 2.24) is 19.9 Å². The molecule has 0 bridgehead atoms. The Bertz CT molecular complexity index is 683. The minimum atomic E-state index is -0.881. The van der Waals surface area contributed by atoms with Crippen LogP contribution in [-0.2, 0) is 4.79 Å². The summed E-state index contributed by atoms with van der Waals surface area (Å²) >= 11 is 1.58. The number of hydrogen-bond donors (Lipinski definition) is 2. The van der Waals surface area contributed by atoms with Crippen molar-refractivity contribution < 1.29 is 9.90 Å². The number of carbonyl (C=O) groups is 1. The van der Waals surface area contributed by atoms with E-state index in [-0.39, 0.29) is 11.8 Å². The van der Waals surface area contributed by atoms with Crippen LogP contribution in [0.4, 0.5) is 5.13 Å². The van der Waals surface area contributed by atoms with Crippen LogP contribution in [0.5, 0.6) is 0 Å². The van der Waals surface area contributed by atoms with Gasteiger partial charge in [0.05, 0.1) is 11.9 Å². The Hall–Kier alpha value is -1.67. The Balaban J connectivity index is 1.36. The number of fused-ring (bicyclic) bond motifs is 1. The highest BCUT2D eigenvalue weighted by Crippen LogP contribution is 2.29. The minimum Gasteiger partial charge on any atom is -0.383 e. The summed E-state index contributed by atoms with van der Waals surface area (Å²) in [5, 5.41) is 18.6. The first-order chi connectivity index (χ1) is 11.1. The van der Waals surface area contributed by atoms with E-state index in [1.165, 1.54) is 0 Å². The average molecular weight is 335 g/mol. The van der Waals surface area contributed by atoms with Gasteiger partial charge in [0, 0.05) is 19.1 Å². The smallest absolute Gasteiger partial charge is 0.249 e. The molecule has 1 amide bonds. The van der Waals surface area contributed by atoms with E-state index < -0.39 is 6.10 Å². The molecule has 2 aromatic heterocycles. The Labute approximate surface area is 138 Å². The highest BCUT2D eigenvalue weighted by molar-refractivity contribution is 7.20. The van der Waals surface area contributed by atoms with Gasteiger partial charge in [-0.2, -0.15) is 0 Å². The van der Waals surface area contributed by atoms with Crippen molar-refractivity contribution in [3.05, 3.63) is 11.9 Å². The highest BCUT2D eigenvalue weighted by atomic mass is 32.1. The van der Waals surface area contributed by atoms with Crippen LogP contribution in [0.25, 0.3) is 4.96 Å². The number of aliphatic hydroxyl groups is 1. The fourth-order valence-electron chi connectivity index (χ4n) is 3.06. The molecule has 1 saturated heterocycles. The van der Waals surface area contributed by atoms with Gasteiger partial charge in [-0.1, -0.05) is 11.3 Å². The lowest BCUT2D eigenvalue weighted by molar-refractivity contribution is -0.132. The van der Waals surface area contributed by atoms with E-state index in [4.69, 9.17) is 0 Å². The second-order valence-corrected chi connectivity index (χ2v) is 7.48. The summed E-state index contributed by atoms with van der Waals surface area (Å²) in [5.74, 6) is -0.162. The molecule has 2 aliphatic rings. The predicted octanol–water partition coefficient (Wildman–Crippen LogP) is 0.955. The first kappa shape index (κ1) is 14.9. The summed E-state index contributed by atoms with van der Waals surface area (Å²) in [7, 11) is 0. The monoisotopic (exact) mass is 335 g/mol. The van der Waals surface area contributed by atoms with Gasteiger partial charge in [-0.05, 0) is 38.5 Å². The average Bonchev–Trinajstić information content (AvgIpc) is 3.16. The number of hydrogen-bond acceptors (Lipinski definition) is 6. The van der Waals surface area contributed by atoms with Gasteiger partial charge in [0.1, 0.15) is 6.10 Å². The number of carbonyl (C=O) groups excluding carboxylic acids is 1. The zero-order chi connectivity index (χ0) is 16.0. The van der Waals surface area contributed by atoms with Gasteiger partial charge in [0.25, 0.3) is 0 Å². The maximum atomic E-state index is 12.0. The Morgan fingerprint density at radius 2 is 2.13 bits per heavy atom. The second-order valence-electron chi connectivity index (χ2n) is 6.55. The van der Waals surface area contributed by atoms with Crippen LogP contribution in [-0.4, -0.2) is 50.8 Å². The number of aliphatic hydroxyl groups excluding tert-OH is 1. The van der Waals surface area contributed by atoms with E-state index in [1.54, 1.807) is 11.3 Å². The van der Waals surface area contributed by atoms with Crippen molar-refractivity contribution in [3.8, 4) is 0 Å². The molecule has 2 fully saturated rings. The fraction of sp³-hybridized carbons (Fsp3) is 0.667. The Kier molecular flexibility index (Phi) is 3.73. The molecule has 8 heteroatoms. The standard InChI is InChI=1S/C15H21N5O2S/c1-9-8-20-14(16-9)23-15(18-20)19-6-4-10(5-7-19)12(21)13(22)17-11-2-3-11/h8,10-12,21H,2-7H2,1H3,(H,17,22)/t12-/m1/s1. The van der Waals surface area contributed by atoms with Crippen molar-refractivity contribution in [2.45, 2.75) is 44.8 Å². The number of piperidine rings is 1. The summed E-state index contributed by atoms with van der Waals surface area (Å²) in [6.07, 6.45) is 4.74. The fourth-order valence-corrected chi connectivity index (χ4v) is 4.04. The van der Waals surface area contributed by atoms with Crippen LogP contribution < -0.4 is 10.2 Å². The van der Waals surface area contributed by atoms with Gasteiger partial charge in [-0.3, -0.25) is 4.79 Å². The van der Waals surface area contributed by atoms with Gasteiger partial charge >= 0.3 is 0 Å². The number of amides is 1. The third-order valence-electron chi connectivity index (χ3n) is 4.60. The molecule has 0 radical (unpaired) electrons. The number of aromatic nitrogens is 3. The first-order valence-corrected chi connectivity index (χ1v) is 8.98. The van der Waals surface area contributed by atoms with Gasteiger partial charge in [-0.25, -0.2) is 9.50 Å². The van der Waals surface area contributed by atoms with Gasteiger partial charge in [-0.15, -0.1) is 5.10 Å². The molecule has 1 saturated carbocycles. The summed E-state index contributed by atoms with van der Waals surface area (Å²) in [6, 6.07) is 0.298. The number of anilines is 1. The summed E-state index contributed by atoms with van der Waals surface area (Å²) < 4.78 is 1.82. The lowest BCUT2D eigenvalue weighted by Gasteiger charge is -2.33. The van der Waals surface area contributed by atoms with Gasteiger partial charge in [0.15, 0.2) is 0 Å². The molecule has 0 unspecified atom stereocenters. The minimum absolute atomic E-state index is 0.0382. The highest BCUT2D eigenvalue weighted by Gasteiger charge is 2.33. The third kappa shape index (κ3) is 3.05. The lowest BCUT2D eigenvalue weighted by atomic mass is 9.91. The van der Waals surface area contributed by atoms with Crippen LogP contribution in [0.3, 0.4) is 0 Å². The molecule has 0 spiro atoms. The first-order valence-electron chi connectivity index (χ1n) is 8.16. The largest absolute Gasteiger partial charge is 0.383 e. The second kappa shape index (κ2) is 5.76. The molecular formula is C15H21N5O2S. The molecule has 7 nitrogen and oxygen atoms in total. The number of rotatable bonds is 4. The normalized spacial score (nSPS) is 20.9. The molecule has 23 heavy (non-hydrogen) atoms. The molecule has 1 atom stereocenters. The van der Waals surface area contributed by atoms with Gasteiger partial charge < -0.3 is 15.3 Å². The molecular weight excluding hydrogens is 314 g/mol. The SMILES string of the molecule is Cc1cn2nc(N3CCC([C@@H](O)C(=O)NC4CC4)CC3)sc2n1. The summed E-state index contributed by atoms with van der Waals surface area (Å²) in [5.41, 5.74) is 0.971. The van der Waals surface area contributed by atoms with Crippen LogP contribution in [0.1, 0.15) is 31.4 Å². The number of imidazole rings is 1. The molecule has 3 heterocycles. The van der Waals surface area contributed by atoms with Crippen LogP contribution in [0.15, 0.2) is 6.20 Å². The quantitative estimate of drug-likeness (QED) is 0.869. The van der Waals surface area contributed by atoms with E-state index in [9.17, 15) is 9.90 Å². The van der Waals surface area contributed by atoms with Crippen LogP contribution in [0, 0.1) is 12.8 Å². The molecule has 124 valence electrons. The van der Waals surface area contributed by atoms with E-state index >= 15 is 0 Å².